The molecule has 22 heavy (non-hydrogen) atoms. The summed E-state index contributed by atoms with van der Waals surface area (Å²) in [5.41, 5.74) is 1.66. The number of rotatable bonds is 6. The molecule has 0 unspecified atom stereocenters. The first kappa shape index (κ1) is 15.8. The van der Waals surface area contributed by atoms with Crippen molar-refractivity contribution in [3.8, 4) is 0 Å². The molecule has 1 aromatic heterocycles. The van der Waals surface area contributed by atoms with Crippen LogP contribution in [0.25, 0.3) is 0 Å². The highest BCUT2D eigenvalue weighted by Gasteiger charge is 2.20. The summed E-state index contributed by atoms with van der Waals surface area (Å²) >= 11 is 0. The zero-order valence-electron chi connectivity index (χ0n) is 12.6. The molecule has 0 aliphatic rings. The molecule has 1 atom stereocenters. The molecule has 2 N–H and O–H groups in total. The lowest BCUT2D eigenvalue weighted by Crippen LogP contribution is -2.19. The maximum Gasteiger partial charge on any atom is 0.303 e. The lowest BCUT2D eigenvalue weighted by Gasteiger charge is -2.15. The number of carboxylic acid groups (broad SMARTS) is 1. The number of benzene rings is 1. The molecule has 6 nitrogen and oxygen atoms in total. The molecule has 1 aromatic carbocycles. The van der Waals surface area contributed by atoms with E-state index in [1.807, 2.05) is 37.3 Å². The SMILES string of the molecule is Cc1cc(NC(=O)C[C@@H](CC(=O)O)c2ccccc2)n(C)n1. The fourth-order valence-electron chi connectivity index (χ4n) is 2.39. The number of carbonyl (C=O) groups is 2. The van der Waals surface area contributed by atoms with Gasteiger partial charge in [0.05, 0.1) is 12.1 Å². The van der Waals surface area contributed by atoms with Gasteiger partial charge in [-0.3, -0.25) is 14.3 Å². The van der Waals surface area contributed by atoms with Crippen LogP contribution in [0.5, 0.6) is 0 Å². The second-order valence-electron chi connectivity index (χ2n) is 5.25. The van der Waals surface area contributed by atoms with Crippen LogP contribution in [0.2, 0.25) is 0 Å². The summed E-state index contributed by atoms with van der Waals surface area (Å²) in [6, 6.07) is 11.0. The Labute approximate surface area is 128 Å². The van der Waals surface area contributed by atoms with Crippen LogP contribution in [0, 0.1) is 6.92 Å². The third-order valence-electron chi connectivity index (χ3n) is 3.39. The van der Waals surface area contributed by atoms with Gasteiger partial charge in [0, 0.05) is 25.5 Å². The Morgan fingerprint density at radius 3 is 2.50 bits per heavy atom. The van der Waals surface area contributed by atoms with Crippen LogP contribution in [0.3, 0.4) is 0 Å². The van der Waals surface area contributed by atoms with Gasteiger partial charge in [0.2, 0.25) is 5.91 Å². The Bertz CT molecular complexity index is 665. The standard InChI is InChI=1S/C16H19N3O3/c1-11-8-14(19(2)18-11)17-15(20)9-13(10-16(21)22)12-6-4-3-5-7-12/h3-8,13H,9-10H2,1-2H3,(H,17,20)(H,21,22)/t13-/m0/s1. The van der Waals surface area contributed by atoms with E-state index in [2.05, 4.69) is 10.4 Å². The number of aromatic nitrogens is 2. The van der Waals surface area contributed by atoms with Crippen molar-refractivity contribution in [2.75, 3.05) is 5.32 Å². The number of carbonyl (C=O) groups excluding carboxylic acids is 1. The minimum atomic E-state index is -0.918. The van der Waals surface area contributed by atoms with Crippen molar-refractivity contribution in [1.82, 2.24) is 9.78 Å². The van der Waals surface area contributed by atoms with E-state index in [1.165, 1.54) is 0 Å². The lowest BCUT2D eigenvalue weighted by molar-refractivity contribution is -0.137. The molecule has 0 radical (unpaired) electrons. The quantitative estimate of drug-likeness (QED) is 0.857. The molecule has 0 aliphatic carbocycles. The number of nitrogens with zero attached hydrogens (tertiary/aromatic N) is 2. The summed E-state index contributed by atoms with van der Waals surface area (Å²) in [6.07, 6.45) is 0.0301. The first-order valence-electron chi connectivity index (χ1n) is 7.03. The average Bonchev–Trinajstić information content (AvgIpc) is 2.76. The van der Waals surface area contributed by atoms with Crippen LogP contribution in [-0.2, 0) is 16.6 Å². The van der Waals surface area contributed by atoms with Crippen molar-refractivity contribution in [2.45, 2.75) is 25.7 Å². The molecule has 0 spiro atoms. The van der Waals surface area contributed by atoms with Gasteiger partial charge < -0.3 is 10.4 Å². The highest BCUT2D eigenvalue weighted by molar-refractivity contribution is 5.90. The fourth-order valence-corrected chi connectivity index (χ4v) is 2.39. The van der Waals surface area contributed by atoms with E-state index in [-0.39, 0.29) is 24.7 Å². The first-order chi connectivity index (χ1) is 10.5. The molecule has 0 aliphatic heterocycles. The normalized spacial score (nSPS) is 11.9. The van der Waals surface area contributed by atoms with Crippen LogP contribution in [-0.4, -0.2) is 26.8 Å². The van der Waals surface area contributed by atoms with Crippen LogP contribution < -0.4 is 5.32 Å². The highest BCUT2D eigenvalue weighted by Crippen LogP contribution is 2.24. The molecule has 2 rings (SSSR count). The molecular weight excluding hydrogens is 282 g/mol. The minimum Gasteiger partial charge on any atom is -0.481 e. The smallest absolute Gasteiger partial charge is 0.303 e. The molecular formula is C16H19N3O3. The average molecular weight is 301 g/mol. The van der Waals surface area contributed by atoms with Gasteiger partial charge in [0.25, 0.3) is 0 Å². The maximum atomic E-state index is 12.2. The van der Waals surface area contributed by atoms with Gasteiger partial charge in [-0.25, -0.2) is 0 Å². The molecule has 0 saturated carbocycles. The van der Waals surface area contributed by atoms with Crippen molar-refractivity contribution < 1.29 is 14.7 Å². The van der Waals surface area contributed by atoms with Gasteiger partial charge in [-0.05, 0) is 12.5 Å². The van der Waals surface area contributed by atoms with Crippen LogP contribution in [0.4, 0.5) is 5.82 Å². The highest BCUT2D eigenvalue weighted by atomic mass is 16.4. The predicted octanol–water partition coefficient (Wildman–Crippen LogP) is 2.32. The Morgan fingerprint density at radius 2 is 1.95 bits per heavy atom. The molecule has 116 valence electrons. The van der Waals surface area contributed by atoms with E-state index < -0.39 is 5.97 Å². The number of carboxylic acids is 1. The second-order valence-corrected chi connectivity index (χ2v) is 5.25. The molecule has 0 fully saturated rings. The van der Waals surface area contributed by atoms with Crippen LogP contribution >= 0.6 is 0 Å². The number of hydrogen-bond acceptors (Lipinski definition) is 3. The Hall–Kier alpha value is -2.63. The zero-order valence-corrected chi connectivity index (χ0v) is 12.6. The van der Waals surface area contributed by atoms with Gasteiger partial charge in [-0.15, -0.1) is 0 Å². The summed E-state index contributed by atoms with van der Waals surface area (Å²) in [5, 5.41) is 16.0. The minimum absolute atomic E-state index is 0.0815. The third-order valence-corrected chi connectivity index (χ3v) is 3.39. The van der Waals surface area contributed by atoms with Crippen molar-refractivity contribution >= 4 is 17.7 Å². The van der Waals surface area contributed by atoms with E-state index in [0.717, 1.165) is 11.3 Å². The topological polar surface area (TPSA) is 84.2 Å². The summed E-state index contributed by atoms with van der Waals surface area (Å²) < 4.78 is 1.59. The molecule has 6 heteroatoms. The van der Waals surface area contributed by atoms with E-state index in [0.29, 0.717) is 5.82 Å². The number of nitrogens with one attached hydrogen (secondary N) is 1. The molecule has 2 aromatic rings. The number of aliphatic carboxylic acids is 1. The number of anilines is 1. The van der Waals surface area contributed by atoms with Gasteiger partial charge in [0.15, 0.2) is 0 Å². The second kappa shape index (κ2) is 6.89. The van der Waals surface area contributed by atoms with E-state index in [1.54, 1.807) is 17.8 Å². The summed E-state index contributed by atoms with van der Waals surface area (Å²) in [6.45, 7) is 1.84. The summed E-state index contributed by atoms with van der Waals surface area (Å²) in [5.74, 6) is -0.895. The predicted molar refractivity (Wildman–Crippen MR) is 82.6 cm³/mol. The van der Waals surface area contributed by atoms with E-state index in [4.69, 9.17) is 5.11 Å². The van der Waals surface area contributed by atoms with Gasteiger partial charge in [0.1, 0.15) is 5.82 Å². The molecule has 0 bridgehead atoms. The Balaban J connectivity index is 2.08. The molecule has 0 saturated heterocycles. The Kier molecular flexibility index (Phi) is 4.93. The van der Waals surface area contributed by atoms with Gasteiger partial charge >= 0.3 is 5.97 Å². The van der Waals surface area contributed by atoms with E-state index >= 15 is 0 Å². The number of amides is 1. The first-order valence-corrected chi connectivity index (χ1v) is 7.03. The summed E-state index contributed by atoms with van der Waals surface area (Å²) in [7, 11) is 1.74. The zero-order chi connectivity index (χ0) is 16.1. The largest absolute Gasteiger partial charge is 0.481 e. The molecule has 1 amide bonds. The number of hydrogen-bond donors (Lipinski definition) is 2. The lowest BCUT2D eigenvalue weighted by atomic mass is 9.92. The Morgan fingerprint density at radius 1 is 1.27 bits per heavy atom. The van der Waals surface area contributed by atoms with Crippen molar-refractivity contribution in [3.63, 3.8) is 0 Å². The van der Waals surface area contributed by atoms with E-state index in [9.17, 15) is 9.59 Å². The summed E-state index contributed by atoms with van der Waals surface area (Å²) in [4.78, 5) is 23.2. The van der Waals surface area contributed by atoms with Crippen LogP contribution in [0.15, 0.2) is 36.4 Å². The van der Waals surface area contributed by atoms with Crippen molar-refractivity contribution in [1.29, 1.82) is 0 Å². The number of aryl methyl sites for hydroxylation is 2. The maximum absolute atomic E-state index is 12.2. The fraction of sp³-hybridized carbons (Fsp3) is 0.312. The molecule has 1 heterocycles. The van der Waals surface area contributed by atoms with Gasteiger partial charge in [-0.2, -0.15) is 5.10 Å². The monoisotopic (exact) mass is 301 g/mol. The van der Waals surface area contributed by atoms with Gasteiger partial charge in [-0.1, -0.05) is 30.3 Å². The van der Waals surface area contributed by atoms with Crippen molar-refractivity contribution in [3.05, 3.63) is 47.7 Å². The van der Waals surface area contributed by atoms with Crippen molar-refractivity contribution in [2.24, 2.45) is 7.05 Å². The van der Waals surface area contributed by atoms with Crippen LogP contribution in [0.1, 0.15) is 30.0 Å². The third kappa shape index (κ3) is 4.18.